The van der Waals surface area contributed by atoms with Crippen LogP contribution in [0.2, 0.25) is 0 Å². The molecule has 2 rings (SSSR count). The van der Waals surface area contributed by atoms with Crippen molar-refractivity contribution in [2.75, 3.05) is 0 Å². The molecule has 1 aromatic rings. The first-order valence-corrected chi connectivity index (χ1v) is 7.82. The van der Waals surface area contributed by atoms with Crippen molar-refractivity contribution in [3.05, 3.63) is 29.8 Å². The van der Waals surface area contributed by atoms with Gasteiger partial charge in [0.25, 0.3) is 5.91 Å². The van der Waals surface area contributed by atoms with E-state index in [1.807, 2.05) is 18.2 Å². The van der Waals surface area contributed by atoms with Crippen LogP contribution < -0.4 is 10.1 Å². The predicted octanol–water partition coefficient (Wildman–Crippen LogP) is 2.96. The number of hydrogen-bond donors (Lipinski definition) is 2. The van der Waals surface area contributed by atoms with Gasteiger partial charge in [-0.1, -0.05) is 37.5 Å². The van der Waals surface area contributed by atoms with E-state index in [-0.39, 0.29) is 11.9 Å². The van der Waals surface area contributed by atoms with Crippen molar-refractivity contribution in [3.8, 4) is 5.75 Å². The quantitative estimate of drug-likeness (QED) is 0.877. The van der Waals surface area contributed by atoms with Crippen LogP contribution in [0.15, 0.2) is 24.3 Å². The number of nitrogens with one attached hydrogen (secondary N) is 1. The van der Waals surface area contributed by atoms with E-state index in [4.69, 9.17) is 4.74 Å². The molecule has 0 saturated heterocycles. The molecule has 1 saturated carbocycles. The molecule has 2 atom stereocenters. The number of para-hydroxylation sites is 1. The van der Waals surface area contributed by atoms with Gasteiger partial charge in [0.15, 0.2) is 6.10 Å². The Bertz CT molecular complexity index is 467. The smallest absolute Gasteiger partial charge is 0.260 e. The van der Waals surface area contributed by atoms with E-state index in [1.165, 1.54) is 19.3 Å². The number of amides is 1. The lowest BCUT2D eigenvalue weighted by atomic mass is 9.95. The maximum atomic E-state index is 12.2. The Hall–Kier alpha value is -1.55. The minimum atomic E-state index is -0.616. The maximum absolute atomic E-state index is 12.2. The lowest BCUT2D eigenvalue weighted by Crippen LogP contribution is -2.43. The SMILES string of the molecule is CC(Oc1ccccc1C(C)O)C(=O)NC1CCCCC1. The summed E-state index contributed by atoms with van der Waals surface area (Å²) in [5.41, 5.74) is 0.704. The van der Waals surface area contributed by atoms with Crippen LogP contribution in [0.3, 0.4) is 0 Å². The molecule has 2 N–H and O–H groups in total. The third-order valence-electron chi connectivity index (χ3n) is 3.99. The molecule has 1 amide bonds. The normalized spacial score (nSPS) is 18.8. The molecule has 0 radical (unpaired) electrons. The number of benzene rings is 1. The van der Waals surface area contributed by atoms with Gasteiger partial charge in [0, 0.05) is 11.6 Å². The van der Waals surface area contributed by atoms with Crippen LogP contribution in [0, 0.1) is 0 Å². The summed E-state index contributed by atoms with van der Waals surface area (Å²) in [6, 6.07) is 7.57. The summed E-state index contributed by atoms with van der Waals surface area (Å²) in [5, 5.41) is 12.8. The summed E-state index contributed by atoms with van der Waals surface area (Å²) < 4.78 is 5.74. The van der Waals surface area contributed by atoms with Gasteiger partial charge in [0.2, 0.25) is 0 Å². The van der Waals surface area contributed by atoms with Gasteiger partial charge in [-0.15, -0.1) is 0 Å². The second-order valence-electron chi connectivity index (χ2n) is 5.82. The predicted molar refractivity (Wildman–Crippen MR) is 82.2 cm³/mol. The molecular weight excluding hydrogens is 266 g/mol. The van der Waals surface area contributed by atoms with Crippen LogP contribution in [0.4, 0.5) is 0 Å². The summed E-state index contributed by atoms with van der Waals surface area (Å²) in [4.78, 5) is 12.2. The Labute approximate surface area is 126 Å². The third-order valence-corrected chi connectivity index (χ3v) is 3.99. The van der Waals surface area contributed by atoms with E-state index < -0.39 is 12.2 Å². The molecule has 1 aliphatic rings. The molecule has 0 bridgehead atoms. The Balaban J connectivity index is 1.94. The maximum Gasteiger partial charge on any atom is 0.260 e. The number of hydrogen-bond acceptors (Lipinski definition) is 3. The molecule has 1 fully saturated rings. The standard InChI is InChI=1S/C17H25NO3/c1-12(19)15-10-6-7-11-16(15)21-13(2)17(20)18-14-8-4-3-5-9-14/h6-7,10-14,19H,3-5,8-9H2,1-2H3,(H,18,20). The van der Waals surface area contributed by atoms with Crippen molar-refractivity contribution in [1.82, 2.24) is 5.32 Å². The topological polar surface area (TPSA) is 58.6 Å². The van der Waals surface area contributed by atoms with Gasteiger partial charge in [-0.05, 0) is 32.8 Å². The minimum absolute atomic E-state index is 0.0812. The Morgan fingerprint density at radius 1 is 1.24 bits per heavy atom. The zero-order valence-corrected chi connectivity index (χ0v) is 12.8. The largest absolute Gasteiger partial charge is 0.481 e. The first-order chi connectivity index (χ1) is 10.1. The fourth-order valence-corrected chi connectivity index (χ4v) is 2.74. The van der Waals surface area contributed by atoms with Gasteiger partial charge in [0.05, 0.1) is 6.10 Å². The third kappa shape index (κ3) is 4.46. The van der Waals surface area contributed by atoms with Crippen LogP contribution in [0.25, 0.3) is 0 Å². The highest BCUT2D eigenvalue weighted by Gasteiger charge is 2.21. The highest BCUT2D eigenvalue weighted by Crippen LogP contribution is 2.25. The van der Waals surface area contributed by atoms with Crippen LogP contribution in [0.5, 0.6) is 5.75 Å². The van der Waals surface area contributed by atoms with Crippen LogP contribution in [-0.2, 0) is 4.79 Å². The molecule has 0 aromatic heterocycles. The Kier molecular flexibility index (Phi) is 5.62. The monoisotopic (exact) mass is 291 g/mol. The van der Waals surface area contributed by atoms with Crippen LogP contribution in [0.1, 0.15) is 57.6 Å². The van der Waals surface area contributed by atoms with E-state index in [9.17, 15) is 9.90 Å². The van der Waals surface area contributed by atoms with E-state index >= 15 is 0 Å². The fraction of sp³-hybridized carbons (Fsp3) is 0.588. The molecule has 4 heteroatoms. The Morgan fingerprint density at radius 2 is 1.90 bits per heavy atom. The van der Waals surface area contributed by atoms with Gasteiger partial charge in [0.1, 0.15) is 5.75 Å². The van der Waals surface area contributed by atoms with E-state index in [0.717, 1.165) is 12.8 Å². The second-order valence-corrected chi connectivity index (χ2v) is 5.82. The van der Waals surface area contributed by atoms with Gasteiger partial charge in [-0.3, -0.25) is 4.79 Å². The van der Waals surface area contributed by atoms with E-state index in [2.05, 4.69) is 5.32 Å². The molecule has 0 heterocycles. The van der Waals surface area contributed by atoms with E-state index in [1.54, 1.807) is 19.9 Å². The van der Waals surface area contributed by atoms with Crippen molar-refractivity contribution in [3.63, 3.8) is 0 Å². The van der Waals surface area contributed by atoms with Crippen LogP contribution >= 0.6 is 0 Å². The summed E-state index contributed by atoms with van der Waals surface area (Å²) in [6.07, 6.45) is 4.57. The van der Waals surface area contributed by atoms with Gasteiger partial charge in [-0.2, -0.15) is 0 Å². The zero-order valence-electron chi connectivity index (χ0n) is 12.8. The first kappa shape index (κ1) is 15.8. The number of carbonyl (C=O) groups excluding carboxylic acids is 1. The average molecular weight is 291 g/mol. The first-order valence-electron chi connectivity index (χ1n) is 7.82. The lowest BCUT2D eigenvalue weighted by Gasteiger charge is -2.25. The highest BCUT2D eigenvalue weighted by atomic mass is 16.5. The summed E-state index contributed by atoms with van der Waals surface area (Å²) in [7, 11) is 0. The summed E-state index contributed by atoms with van der Waals surface area (Å²) in [6.45, 7) is 3.44. The van der Waals surface area contributed by atoms with Gasteiger partial charge < -0.3 is 15.2 Å². The Morgan fingerprint density at radius 3 is 2.57 bits per heavy atom. The summed E-state index contributed by atoms with van der Waals surface area (Å²) in [5.74, 6) is 0.487. The molecule has 1 aromatic carbocycles. The number of ether oxygens (including phenoxy) is 1. The lowest BCUT2D eigenvalue weighted by molar-refractivity contribution is -0.128. The summed E-state index contributed by atoms with van der Waals surface area (Å²) >= 11 is 0. The zero-order chi connectivity index (χ0) is 15.2. The van der Waals surface area contributed by atoms with Crippen molar-refractivity contribution in [1.29, 1.82) is 0 Å². The molecule has 21 heavy (non-hydrogen) atoms. The molecule has 1 aliphatic carbocycles. The molecule has 2 unspecified atom stereocenters. The molecule has 116 valence electrons. The van der Waals surface area contributed by atoms with Gasteiger partial charge in [-0.25, -0.2) is 0 Å². The molecule has 0 spiro atoms. The molecular formula is C17H25NO3. The van der Waals surface area contributed by atoms with Crippen molar-refractivity contribution in [2.24, 2.45) is 0 Å². The number of aliphatic hydroxyl groups excluding tert-OH is 1. The van der Waals surface area contributed by atoms with Crippen LogP contribution in [-0.4, -0.2) is 23.2 Å². The van der Waals surface area contributed by atoms with Crippen molar-refractivity contribution in [2.45, 2.75) is 64.2 Å². The van der Waals surface area contributed by atoms with Crippen molar-refractivity contribution < 1.29 is 14.6 Å². The molecule has 4 nitrogen and oxygen atoms in total. The average Bonchev–Trinajstić information content (AvgIpc) is 2.48. The highest BCUT2D eigenvalue weighted by molar-refractivity contribution is 5.81. The fourth-order valence-electron chi connectivity index (χ4n) is 2.74. The number of aliphatic hydroxyl groups is 1. The minimum Gasteiger partial charge on any atom is -0.481 e. The van der Waals surface area contributed by atoms with Crippen molar-refractivity contribution >= 4 is 5.91 Å². The second kappa shape index (κ2) is 7.46. The molecule has 0 aliphatic heterocycles. The number of rotatable bonds is 5. The number of carbonyl (C=O) groups is 1. The van der Waals surface area contributed by atoms with Gasteiger partial charge >= 0.3 is 0 Å². The van der Waals surface area contributed by atoms with E-state index in [0.29, 0.717) is 11.3 Å².